The second-order valence-corrected chi connectivity index (χ2v) is 4.25. The first-order valence-electron chi connectivity index (χ1n) is 2.11. The normalized spacial score (nSPS) is 17.2. The van der Waals surface area contributed by atoms with Gasteiger partial charge in [0.05, 0.1) is 0 Å². The summed E-state index contributed by atoms with van der Waals surface area (Å²) >= 11 is 4.80. The van der Waals surface area contributed by atoms with Crippen LogP contribution in [0.4, 0.5) is 0 Å². The Morgan fingerprint density at radius 1 is 1.75 bits per heavy atom. The van der Waals surface area contributed by atoms with Gasteiger partial charge < -0.3 is 0 Å². The molecule has 1 aliphatic rings. The van der Waals surface area contributed by atoms with E-state index in [9.17, 15) is 0 Å². The molecule has 0 saturated carbocycles. The van der Waals surface area contributed by atoms with Gasteiger partial charge in [-0.05, 0) is 0 Å². The van der Waals surface area contributed by atoms with Gasteiger partial charge in [-0.2, -0.15) is 0 Å². The zero-order valence-corrected chi connectivity index (χ0v) is 7.07. The first kappa shape index (κ1) is 6.22. The van der Waals surface area contributed by atoms with Crippen molar-refractivity contribution in [3.05, 3.63) is 19.8 Å². The van der Waals surface area contributed by atoms with Crippen molar-refractivity contribution >= 4 is 17.2 Å². The van der Waals surface area contributed by atoms with Gasteiger partial charge in [0.25, 0.3) is 0 Å². The van der Waals surface area contributed by atoms with Crippen molar-refractivity contribution in [2.24, 2.45) is 5.73 Å². The number of rotatable bonds is 1. The van der Waals surface area contributed by atoms with Crippen LogP contribution >= 0.6 is 12.2 Å². The van der Waals surface area contributed by atoms with E-state index in [-0.39, 0.29) is 21.2 Å². The number of hydrogen-bond donors (Lipinski definition) is 1. The molecule has 0 aliphatic carbocycles. The van der Waals surface area contributed by atoms with Crippen molar-refractivity contribution < 1.29 is 21.2 Å². The Morgan fingerprint density at radius 2 is 2.50 bits per heavy atom. The van der Waals surface area contributed by atoms with Crippen molar-refractivity contribution in [3.63, 3.8) is 0 Å². The van der Waals surface area contributed by atoms with E-state index in [1.807, 2.05) is 12.2 Å². The van der Waals surface area contributed by atoms with Crippen LogP contribution in [0.25, 0.3) is 0 Å². The Hall–Kier alpha value is 0.100. The Kier molecular flexibility index (Phi) is 2.01. The van der Waals surface area contributed by atoms with Crippen LogP contribution in [0.2, 0.25) is 0 Å². The van der Waals surface area contributed by atoms with Crippen molar-refractivity contribution in [2.75, 3.05) is 0 Å². The Labute approximate surface area is 63.9 Å². The van der Waals surface area contributed by atoms with E-state index in [0.717, 1.165) is 0 Å². The molecule has 1 heterocycles. The van der Waals surface area contributed by atoms with Crippen LogP contribution in [0.15, 0.2) is 19.8 Å². The molecule has 0 spiro atoms. The van der Waals surface area contributed by atoms with Crippen molar-refractivity contribution in [1.82, 2.24) is 0 Å². The molecular formula is C5H5INS-. The first-order chi connectivity index (χ1) is 3.80. The molecule has 0 atom stereocenters. The zero-order valence-electron chi connectivity index (χ0n) is 4.10. The number of hydrogen-bond acceptors (Lipinski definition) is 1. The predicted octanol–water partition coefficient (Wildman–Crippen LogP) is -2.23. The van der Waals surface area contributed by atoms with Gasteiger partial charge in [-0.3, -0.25) is 0 Å². The van der Waals surface area contributed by atoms with Crippen LogP contribution in [-0.2, 0) is 0 Å². The van der Waals surface area contributed by atoms with Crippen molar-refractivity contribution in [1.29, 1.82) is 0 Å². The molecule has 0 amide bonds. The maximum atomic E-state index is 5.35. The summed E-state index contributed by atoms with van der Waals surface area (Å²) < 4.78 is 3.33. The van der Waals surface area contributed by atoms with Crippen LogP contribution in [-0.4, -0.2) is 4.99 Å². The third kappa shape index (κ3) is 1.29. The predicted molar refractivity (Wildman–Crippen MR) is 34.0 cm³/mol. The summed E-state index contributed by atoms with van der Waals surface area (Å²) in [6.45, 7) is 0. The maximum absolute atomic E-state index is 5.35. The average molecular weight is 238 g/mol. The van der Waals surface area contributed by atoms with Gasteiger partial charge >= 0.3 is 64.0 Å². The molecule has 3 heteroatoms. The SMILES string of the molecule is NC(=S)C1=CC=C[I-]1. The molecule has 0 saturated heterocycles. The zero-order chi connectivity index (χ0) is 5.98. The fraction of sp³-hybridized carbons (Fsp3) is 0. The molecule has 0 fully saturated rings. The van der Waals surface area contributed by atoms with Gasteiger partial charge in [0.1, 0.15) is 0 Å². The summed E-state index contributed by atoms with van der Waals surface area (Å²) in [5.74, 6) is 0. The van der Waals surface area contributed by atoms with Crippen LogP contribution in [0.3, 0.4) is 0 Å². The van der Waals surface area contributed by atoms with E-state index < -0.39 is 0 Å². The van der Waals surface area contributed by atoms with Crippen molar-refractivity contribution in [3.8, 4) is 0 Å². The van der Waals surface area contributed by atoms with Crippen molar-refractivity contribution in [2.45, 2.75) is 0 Å². The molecule has 44 valence electrons. The number of halogens is 1. The van der Waals surface area contributed by atoms with Crippen LogP contribution in [0.5, 0.6) is 0 Å². The molecule has 0 aromatic carbocycles. The summed E-state index contributed by atoms with van der Waals surface area (Å²) in [6, 6.07) is 0. The number of nitrogens with two attached hydrogens (primary N) is 1. The molecule has 0 unspecified atom stereocenters. The van der Waals surface area contributed by atoms with Crippen LogP contribution in [0.1, 0.15) is 0 Å². The summed E-state index contributed by atoms with van der Waals surface area (Å²) in [5.41, 5.74) is 5.35. The van der Waals surface area contributed by atoms with Crippen LogP contribution in [0, 0.1) is 0 Å². The van der Waals surface area contributed by atoms with Crippen LogP contribution < -0.4 is 26.9 Å². The van der Waals surface area contributed by atoms with E-state index in [2.05, 4.69) is 4.08 Å². The Morgan fingerprint density at radius 3 is 2.75 bits per heavy atom. The Balaban J connectivity index is 2.64. The Bertz CT molecular complexity index is 171. The quantitative estimate of drug-likeness (QED) is 0.413. The molecule has 2 N–H and O–H groups in total. The minimum absolute atomic E-state index is 0.0504. The minimum atomic E-state index is 0.0504. The molecule has 0 aromatic rings. The van der Waals surface area contributed by atoms with Gasteiger partial charge in [0.15, 0.2) is 0 Å². The number of allylic oxidation sites excluding steroid dienone is 2. The molecule has 0 radical (unpaired) electrons. The monoisotopic (exact) mass is 238 g/mol. The standard InChI is InChI=1S/C5H5INS/c7-5(8)4-2-1-3-6-4/h1-3H,(H2,7,8)/q-1. The first-order valence-corrected chi connectivity index (χ1v) is 4.84. The molecule has 0 aromatic heterocycles. The molecule has 1 rings (SSSR count). The summed E-state index contributed by atoms with van der Waals surface area (Å²) in [7, 11) is 0. The summed E-state index contributed by atoms with van der Waals surface area (Å²) in [4.78, 5) is 0.572. The molecule has 1 nitrogen and oxygen atoms in total. The van der Waals surface area contributed by atoms with E-state index in [4.69, 9.17) is 18.0 Å². The molecule has 0 bridgehead atoms. The fourth-order valence-electron chi connectivity index (χ4n) is 0.397. The second-order valence-electron chi connectivity index (χ2n) is 1.31. The van der Waals surface area contributed by atoms with Gasteiger partial charge in [0, 0.05) is 0 Å². The van der Waals surface area contributed by atoms with E-state index in [1.165, 1.54) is 3.58 Å². The topological polar surface area (TPSA) is 26.0 Å². The van der Waals surface area contributed by atoms with Gasteiger partial charge in [-0.1, -0.05) is 0 Å². The van der Waals surface area contributed by atoms with E-state index >= 15 is 0 Å². The average Bonchev–Trinajstić information content (AvgIpc) is 2.12. The molecular weight excluding hydrogens is 233 g/mol. The summed E-state index contributed by atoms with van der Waals surface area (Å²) in [5, 5.41) is 0. The van der Waals surface area contributed by atoms with Gasteiger partial charge in [0.2, 0.25) is 0 Å². The third-order valence-electron chi connectivity index (χ3n) is 0.731. The number of thiocarbonyl (C=S) groups is 1. The third-order valence-corrected chi connectivity index (χ3v) is 3.70. The van der Waals surface area contributed by atoms with E-state index in [0.29, 0.717) is 4.99 Å². The molecule has 1 aliphatic heterocycles. The fourth-order valence-corrected chi connectivity index (χ4v) is 2.29. The van der Waals surface area contributed by atoms with Gasteiger partial charge in [-0.15, -0.1) is 0 Å². The second kappa shape index (κ2) is 2.59. The molecule has 8 heavy (non-hydrogen) atoms. The van der Waals surface area contributed by atoms with Gasteiger partial charge in [-0.25, -0.2) is 0 Å². The summed E-state index contributed by atoms with van der Waals surface area (Å²) in [6.07, 6.45) is 4.01. The van der Waals surface area contributed by atoms with E-state index in [1.54, 1.807) is 0 Å².